The van der Waals surface area contributed by atoms with Crippen LogP contribution in [-0.2, 0) is 11.2 Å². The van der Waals surface area contributed by atoms with E-state index in [0.717, 1.165) is 5.56 Å². The molecule has 33 heavy (non-hydrogen) atoms. The summed E-state index contributed by atoms with van der Waals surface area (Å²) >= 11 is 0. The number of amides is 1. The van der Waals surface area contributed by atoms with E-state index in [1.807, 2.05) is 24.3 Å². The van der Waals surface area contributed by atoms with Crippen LogP contribution in [0.5, 0.6) is 5.75 Å². The van der Waals surface area contributed by atoms with E-state index in [-0.39, 0.29) is 23.9 Å². The van der Waals surface area contributed by atoms with E-state index >= 15 is 0 Å². The zero-order chi connectivity index (χ0) is 23.4. The van der Waals surface area contributed by atoms with Gasteiger partial charge in [-0.25, -0.2) is 0 Å². The Bertz CT molecular complexity index is 1310. The van der Waals surface area contributed by atoms with Crippen LogP contribution in [0.3, 0.4) is 0 Å². The van der Waals surface area contributed by atoms with Crippen LogP contribution in [0.4, 0.5) is 11.4 Å². The highest BCUT2D eigenvalue weighted by atomic mass is 16.6. The molecular formula is C24H20N4O5. The first kappa shape index (κ1) is 21.7. The van der Waals surface area contributed by atoms with Gasteiger partial charge in [-0.05, 0) is 43.3 Å². The Labute approximate surface area is 189 Å². The summed E-state index contributed by atoms with van der Waals surface area (Å²) in [6, 6.07) is 19.1. The van der Waals surface area contributed by atoms with Gasteiger partial charge in [-0.15, -0.1) is 0 Å². The third kappa shape index (κ3) is 4.72. The Hall–Kier alpha value is -4.53. The Morgan fingerprint density at radius 1 is 1.09 bits per heavy atom. The van der Waals surface area contributed by atoms with Gasteiger partial charge < -0.3 is 14.6 Å². The number of para-hydroxylation sites is 1. The van der Waals surface area contributed by atoms with E-state index in [0.29, 0.717) is 34.0 Å². The molecule has 0 aliphatic rings. The molecule has 0 fully saturated rings. The van der Waals surface area contributed by atoms with Crippen molar-refractivity contribution < 1.29 is 19.0 Å². The maximum absolute atomic E-state index is 12.4. The van der Waals surface area contributed by atoms with Crippen LogP contribution in [0.25, 0.3) is 22.8 Å². The highest BCUT2D eigenvalue weighted by Crippen LogP contribution is 2.30. The number of anilines is 1. The molecule has 0 saturated heterocycles. The van der Waals surface area contributed by atoms with E-state index < -0.39 is 4.92 Å². The van der Waals surface area contributed by atoms with Gasteiger partial charge in [0.2, 0.25) is 11.7 Å². The van der Waals surface area contributed by atoms with Crippen molar-refractivity contribution in [1.82, 2.24) is 10.1 Å². The standard InChI is InChI=1S/C24H20N4O5/c1-15-19(7-5-8-20(15)28(30)31)24-26-23(27-33-24)16-10-12-18(13-11-16)25-22(29)14-17-6-3-4-9-21(17)32-2/h3-13H,14H2,1-2H3,(H,25,29). The number of methoxy groups -OCH3 is 1. The lowest BCUT2D eigenvalue weighted by molar-refractivity contribution is -0.385. The van der Waals surface area contributed by atoms with Gasteiger partial charge in [-0.3, -0.25) is 14.9 Å². The summed E-state index contributed by atoms with van der Waals surface area (Å²) < 4.78 is 10.6. The topological polar surface area (TPSA) is 120 Å². The van der Waals surface area contributed by atoms with Crippen molar-refractivity contribution in [1.29, 1.82) is 0 Å². The summed E-state index contributed by atoms with van der Waals surface area (Å²) in [7, 11) is 1.57. The number of nitro groups is 1. The van der Waals surface area contributed by atoms with E-state index in [2.05, 4.69) is 15.5 Å². The molecular weight excluding hydrogens is 424 g/mol. The van der Waals surface area contributed by atoms with E-state index in [4.69, 9.17) is 9.26 Å². The molecule has 0 aliphatic heterocycles. The fourth-order valence-electron chi connectivity index (χ4n) is 3.43. The van der Waals surface area contributed by atoms with Crippen LogP contribution in [0.1, 0.15) is 11.1 Å². The van der Waals surface area contributed by atoms with Gasteiger partial charge in [0.1, 0.15) is 5.75 Å². The SMILES string of the molecule is COc1ccccc1CC(=O)Nc1ccc(-c2noc(-c3cccc([N+](=O)[O-])c3C)n2)cc1. The summed E-state index contributed by atoms with van der Waals surface area (Å²) in [6.45, 7) is 1.64. The lowest BCUT2D eigenvalue weighted by Crippen LogP contribution is -2.14. The molecule has 0 atom stereocenters. The van der Waals surface area contributed by atoms with Crippen molar-refractivity contribution in [3.05, 3.63) is 88.0 Å². The normalized spacial score (nSPS) is 10.6. The fourth-order valence-corrected chi connectivity index (χ4v) is 3.43. The number of benzene rings is 3. The maximum atomic E-state index is 12.4. The Balaban J connectivity index is 1.47. The highest BCUT2D eigenvalue weighted by Gasteiger charge is 2.19. The van der Waals surface area contributed by atoms with Crippen LogP contribution in [0.2, 0.25) is 0 Å². The van der Waals surface area contributed by atoms with Crippen molar-refractivity contribution in [2.45, 2.75) is 13.3 Å². The third-order valence-corrected chi connectivity index (χ3v) is 5.13. The van der Waals surface area contributed by atoms with Gasteiger partial charge in [-0.1, -0.05) is 29.4 Å². The molecule has 1 amide bonds. The average molecular weight is 444 g/mol. The Morgan fingerprint density at radius 2 is 1.85 bits per heavy atom. The Kier molecular flexibility index (Phi) is 6.12. The Morgan fingerprint density at radius 3 is 2.58 bits per heavy atom. The highest BCUT2D eigenvalue weighted by molar-refractivity contribution is 5.92. The lowest BCUT2D eigenvalue weighted by atomic mass is 10.1. The first-order valence-electron chi connectivity index (χ1n) is 10.1. The second-order valence-corrected chi connectivity index (χ2v) is 7.24. The van der Waals surface area contributed by atoms with Crippen LogP contribution in [0.15, 0.2) is 71.3 Å². The van der Waals surface area contributed by atoms with Gasteiger partial charge in [0.15, 0.2) is 0 Å². The molecule has 9 heteroatoms. The minimum absolute atomic E-state index is 0.0135. The number of aromatic nitrogens is 2. The van der Waals surface area contributed by atoms with Crippen molar-refractivity contribution in [2.24, 2.45) is 0 Å². The van der Waals surface area contributed by atoms with E-state index in [1.54, 1.807) is 50.4 Å². The molecule has 1 aromatic heterocycles. The number of hydrogen-bond donors (Lipinski definition) is 1. The molecule has 4 aromatic rings. The van der Waals surface area contributed by atoms with Gasteiger partial charge in [0, 0.05) is 34.0 Å². The van der Waals surface area contributed by atoms with Crippen LogP contribution < -0.4 is 10.1 Å². The van der Waals surface area contributed by atoms with Crippen molar-refractivity contribution in [2.75, 3.05) is 12.4 Å². The number of nitro benzene ring substituents is 1. The summed E-state index contributed by atoms with van der Waals surface area (Å²) in [5.74, 6) is 1.02. The molecule has 0 saturated carbocycles. The maximum Gasteiger partial charge on any atom is 0.273 e. The van der Waals surface area contributed by atoms with Gasteiger partial charge in [0.05, 0.1) is 18.5 Å². The van der Waals surface area contributed by atoms with Crippen LogP contribution >= 0.6 is 0 Å². The summed E-state index contributed by atoms with van der Waals surface area (Å²) in [5, 5.41) is 18.0. The van der Waals surface area contributed by atoms with Gasteiger partial charge >= 0.3 is 0 Å². The fraction of sp³-hybridized carbons (Fsp3) is 0.125. The van der Waals surface area contributed by atoms with Crippen LogP contribution in [-0.4, -0.2) is 28.1 Å². The number of ether oxygens (including phenoxy) is 1. The molecule has 166 valence electrons. The van der Waals surface area contributed by atoms with E-state index in [1.165, 1.54) is 6.07 Å². The molecule has 1 heterocycles. The summed E-state index contributed by atoms with van der Waals surface area (Å²) in [5.41, 5.74) is 3.03. The second-order valence-electron chi connectivity index (χ2n) is 7.24. The van der Waals surface area contributed by atoms with Crippen molar-refractivity contribution in [3.63, 3.8) is 0 Å². The van der Waals surface area contributed by atoms with Crippen molar-refractivity contribution in [3.8, 4) is 28.6 Å². The largest absolute Gasteiger partial charge is 0.496 e. The quantitative estimate of drug-likeness (QED) is 0.321. The number of carbonyl (C=O) groups excluding carboxylic acids is 1. The van der Waals surface area contributed by atoms with Crippen LogP contribution in [0, 0.1) is 17.0 Å². The first-order valence-corrected chi connectivity index (χ1v) is 10.1. The number of hydrogen-bond acceptors (Lipinski definition) is 7. The predicted molar refractivity (Wildman–Crippen MR) is 122 cm³/mol. The molecule has 0 aliphatic carbocycles. The average Bonchev–Trinajstić information content (AvgIpc) is 3.30. The van der Waals surface area contributed by atoms with Crippen molar-refractivity contribution >= 4 is 17.3 Å². The van der Waals surface area contributed by atoms with E-state index in [9.17, 15) is 14.9 Å². The third-order valence-electron chi connectivity index (χ3n) is 5.13. The van der Waals surface area contributed by atoms with Gasteiger partial charge in [0.25, 0.3) is 11.6 Å². The number of carbonyl (C=O) groups is 1. The molecule has 0 bridgehead atoms. The predicted octanol–water partition coefficient (Wildman–Crippen LogP) is 4.81. The molecule has 1 N–H and O–H groups in total. The minimum atomic E-state index is -0.447. The zero-order valence-corrected chi connectivity index (χ0v) is 17.9. The summed E-state index contributed by atoms with van der Waals surface area (Å²) in [4.78, 5) is 27.5. The number of rotatable bonds is 7. The molecule has 0 unspecified atom stereocenters. The number of nitrogens with one attached hydrogen (secondary N) is 1. The monoisotopic (exact) mass is 444 g/mol. The number of nitrogens with zero attached hydrogens (tertiary/aromatic N) is 3. The molecule has 9 nitrogen and oxygen atoms in total. The first-order chi connectivity index (χ1) is 16.0. The summed E-state index contributed by atoms with van der Waals surface area (Å²) in [6.07, 6.45) is 0.183. The van der Waals surface area contributed by atoms with Gasteiger partial charge in [-0.2, -0.15) is 4.98 Å². The molecule has 4 rings (SSSR count). The molecule has 3 aromatic carbocycles. The molecule has 0 spiro atoms. The smallest absolute Gasteiger partial charge is 0.273 e. The lowest BCUT2D eigenvalue weighted by Gasteiger charge is -2.09. The minimum Gasteiger partial charge on any atom is -0.496 e. The zero-order valence-electron chi connectivity index (χ0n) is 17.9. The second kappa shape index (κ2) is 9.31. The molecule has 0 radical (unpaired) electrons.